The Labute approximate surface area is 691 Å². The van der Waals surface area contributed by atoms with Gasteiger partial charge >= 0.3 is 0 Å². The summed E-state index contributed by atoms with van der Waals surface area (Å²) in [5.41, 5.74) is -1.29. The summed E-state index contributed by atoms with van der Waals surface area (Å²) >= 11 is 0. The van der Waals surface area contributed by atoms with Crippen molar-refractivity contribution >= 4 is 76.0 Å². The highest BCUT2D eigenvalue weighted by molar-refractivity contribution is 5.98. The van der Waals surface area contributed by atoms with Gasteiger partial charge in [0.15, 0.2) is 28.9 Å². The molecule has 5 unspecified atom stereocenters. The van der Waals surface area contributed by atoms with Gasteiger partial charge < -0.3 is 71.3 Å². The molecule has 0 aromatic heterocycles. The zero-order chi connectivity index (χ0) is 86.7. The van der Waals surface area contributed by atoms with Crippen molar-refractivity contribution in [1.82, 2.24) is 45.8 Å². The average Bonchev–Trinajstić information content (AvgIpc) is 0.749. The molecule has 7 amide bonds. The van der Waals surface area contributed by atoms with E-state index in [1.54, 1.807) is 35.5 Å². The molecule has 6 spiro atoms. The van der Waals surface area contributed by atoms with Gasteiger partial charge in [0.1, 0.15) is 36.0 Å². The zero-order valence-electron chi connectivity index (χ0n) is 73.7. The monoisotopic (exact) mass is 1630 g/mol. The number of amides is 7. The van der Waals surface area contributed by atoms with Gasteiger partial charge in [0.25, 0.3) is 0 Å². The second-order valence-electron chi connectivity index (χ2n) is 39.2. The van der Waals surface area contributed by atoms with Gasteiger partial charge in [-0.25, -0.2) is 0 Å². The van der Waals surface area contributed by atoms with E-state index in [-0.39, 0.29) is 127 Å². The number of aliphatic hydroxyl groups excluding tert-OH is 5. The van der Waals surface area contributed by atoms with Crippen LogP contribution in [0.4, 0.5) is 0 Å². The van der Waals surface area contributed by atoms with E-state index in [0.717, 1.165) is 167 Å². The second kappa shape index (κ2) is 41.1. The lowest BCUT2D eigenvalue weighted by atomic mass is 9.59. The molecule has 27 nitrogen and oxygen atoms in total. The molecule has 0 radical (unpaired) electrons. The zero-order valence-corrected chi connectivity index (χ0v) is 73.7. The van der Waals surface area contributed by atoms with Crippen molar-refractivity contribution in [2.75, 3.05) is 52.4 Å². The fourth-order valence-electron chi connectivity index (χ4n) is 20.7. The largest absolute Gasteiger partial charge is 0.394 e. The number of hydrogen-bond acceptors (Lipinski definition) is 20. The smallest absolute Gasteiger partial charge is 0.231 e. The lowest BCUT2D eigenvalue weighted by Crippen LogP contribution is -2.69. The maximum absolute atomic E-state index is 12.6. The molecule has 27 heteroatoms. The first-order valence-corrected chi connectivity index (χ1v) is 44.2. The van der Waals surface area contributed by atoms with E-state index in [9.17, 15) is 82.8 Å². The van der Waals surface area contributed by atoms with Crippen LogP contribution >= 0.6 is 0 Å². The molecular weight excluding hydrogens is 1480 g/mol. The Bertz CT molecular complexity index is 3430. The van der Waals surface area contributed by atoms with E-state index in [1.165, 1.54) is 77.5 Å². The Morgan fingerprint density at radius 1 is 0.353 bits per heavy atom. The Morgan fingerprint density at radius 3 is 0.802 bits per heavy atom. The summed E-state index contributed by atoms with van der Waals surface area (Å²) in [4.78, 5) is 162. The van der Waals surface area contributed by atoms with Crippen molar-refractivity contribution in [2.45, 2.75) is 370 Å². The first-order valence-electron chi connectivity index (χ1n) is 44.2. The predicted octanol–water partition coefficient (Wildman–Crippen LogP) is 7.30. The molecule has 5 aliphatic heterocycles. The van der Waals surface area contributed by atoms with Crippen LogP contribution in [-0.2, 0) is 62.3 Å². The van der Waals surface area contributed by atoms with Crippen LogP contribution in [-0.4, -0.2) is 257 Å². The summed E-state index contributed by atoms with van der Waals surface area (Å²) in [5, 5.41) is 61.1. The number of β-lactam (4-membered cyclic amide) rings is 5. The van der Waals surface area contributed by atoms with Gasteiger partial charge in [-0.2, -0.15) is 0 Å². The highest BCUT2D eigenvalue weighted by atomic mass is 16.3. The van der Waals surface area contributed by atoms with E-state index in [0.29, 0.717) is 68.3 Å². The molecule has 9 atom stereocenters. The van der Waals surface area contributed by atoms with Crippen molar-refractivity contribution in [3.8, 4) is 0 Å². The predicted molar refractivity (Wildman–Crippen MR) is 440 cm³/mol. The highest BCUT2D eigenvalue weighted by Gasteiger charge is 2.61. The van der Waals surface area contributed by atoms with Gasteiger partial charge in [-0.15, -0.1) is 0 Å². The Balaban J connectivity index is 0.000000193. The number of Topliss-reactive ketones (excluding diaryl/α,β-unsaturated/α-hetero) is 6. The molecule has 7 aliphatic carbocycles. The van der Waals surface area contributed by atoms with Crippen LogP contribution in [0.15, 0.2) is 0 Å². The summed E-state index contributed by atoms with van der Waals surface area (Å²) in [6.07, 6.45) is 21.5. The second-order valence-corrected chi connectivity index (χ2v) is 39.2. The van der Waals surface area contributed by atoms with Crippen LogP contribution in [0.5, 0.6) is 0 Å². The van der Waals surface area contributed by atoms with E-state index >= 15 is 0 Å². The van der Waals surface area contributed by atoms with Gasteiger partial charge in [-0.1, -0.05) is 55.4 Å². The molecule has 0 aromatic carbocycles. The fraction of sp³-hybridized carbons (Fsp3) is 0.854. The molecule has 7 saturated carbocycles. The Morgan fingerprint density at radius 2 is 0.603 bits per heavy atom. The quantitative estimate of drug-likeness (QED) is 0.0428. The first-order chi connectivity index (χ1) is 54.2. The molecular formula is C89H149N9O18. The summed E-state index contributed by atoms with van der Waals surface area (Å²) < 4.78 is 0. The number of rotatable bonds is 24. The van der Waals surface area contributed by atoms with Gasteiger partial charge in [0.2, 0.25) is 41.4 Å². The first kappa shape index (κ1) is 97.2. The summed E-state index contributed by atoms with van der Waals surface area (Å²) in [6, 6.07) is -1.93. The van der Waals surface area contributed by atoms with E-state index < -0.39 is 54.6 Å². The van der Waals surface area contributed by atoms with Crippen LogP contribution in [0.1, 0.15) is 292 Å². The molecule has 0 bridgehead atoms. The van der Waals surface area contributed by atoms with Crippen LogP contribution < -0.4 is 21.3 Å². The SMILES string of the molecule is CC(=O)C(CO)N1CC2(CCC(C)CC2)C1=O.CC(=O)C([C@@H](C)O)N1CC2(CCC(C)CC2)C1=O.CC(=O)C([C@@H](C)O)N1CC2(CCC(NC(=O)C(C)C)CC2)C1=O.CC(=O)C([C@@H](C)O)N1CC2(CCC(NCC(C)C)CC2)C1=O.CC(=O)NC1CCC2(CC1)CN(C(C(C)=O)[C@@H](C)O)C2=O.CC(C)CNC1CCC2(CCC2=O)CC1. The van der Waals surface area contributed by atoms with Gasteiger partial charge in [0.05, 0.1) is 58.1 Å². The third kappa shape index (κ3) is 22.8. The number of likely N-dealkylation sites (tertiary alicyclic amines) is 5. The maximum Gasteiger partial charge on any atom is 0.231 e. The van der Waals surface area contributed by atoms with Gasteiger partial charge in [0, 0.05) is 81.6 Å². The van der Waals surface area contributed by atoms with Gasteiger partial charge in [-0.05, 0) is 260 Å². The third-order valence-corrected chi connectivity index (χ3v) is 28.4. The molecule has 12 aliphatic rings. The summed E-state index contributed by atoms with van der Waals surface area (Å²) in [7, 11) is 0. The third-order valence-electron chi connectivity index (χ3n) is 28.4. The Hall–Kier alpha value is -5.97. The topological polar surface area (TPSA) is 387 Å². The van der Waals surface area contributed by atoms with Crippen molar-refractivity contribution in [3.05, 3.63) is 0 Å². The lowest BCUT2D eigenvalue weighted by molar-refractivity contribution is -0.175. The minimum absolute atomic E-state index is 0.0211. The van der Waals surface area contributed by atoms with Crippen molar-refractivity contribution in [2.24, 2.45) is 62.1 Å². The number of hydrogen-bond donors (Lipinski definition) is 9. The van der Waals surface area contributed by atoms with Crippen molar-refractivity contribution in [3.63, 3.8) is 0 Å². The van der Waals surface area contributed by atoms with E-state index in [4.69, 9.17) is 5.11 Å². The van der Waals surface area contributed by atoms with E-state index in [2.05, 4.69) is 62.8 Å². The molecule has 116 heavy (non-hydrogen) atoms. The number of ketones is 6. The number of aliphatic hydroxyl groups is 5. The molecule has 658 valence electrons. The normalized spacial score (nSPS) is 32.8. The standard InChI is InChI=1S/C17H28N2O4.C17H30N2O3.C15H24N2O4.C14H23NO3.C13H21NO3.C13H23NO/c1-10(2)15(22)18-13-5-7-17(8-6-13)9-19(16(17)23)14(11(3)20)12(4)21;1-11(2)9-18-14-5-7-17(8-6-14)10-19(16(17)22)15(12(3)20)13(4)21;1-9(18)13(10(2)19)17-8-15(14(17)21)6-4-12(5-7-15)16-11(3)20;1-9-4-6-14(7-5-9)8-15(13(14)18)12(10(2)16)11(3)17;1-9-3-5-13(6-4-9)8-14(12(13)17)11(7-15)10(2)16;1-10(2)9-14-11-3-6-13(7-4-11)8-5-12(13)15/h10-11,13-14,20H,5-9H2,1-4H3,(H,18,22);11-12,14-15,18,20H,5-10H2,1-4H3;9,12-13,18H,4-8H2,1-3H3,(H,16,20);9-10,12,16H,4-8H2,1-3H3;9,11,15H,3-8H2,1-2H3;10-11,14H,3-9H2,1-2H3/t11-,13?,14?,17?;12-,14?,15?,17?;9-,12?,13?,15?;9?,10-,12?,14?;;/m1111../s1. The molecule has 5 saturated heterocycles. The van der Waals surface area contributed by atoms with Crippen LogP contribution in [0.25, 0.3) is 0 Å². The number of nitrogens with one attached hydrogen (secondary N) is 4. The van der Waals surface area contributed by atoms with Crippen LogP contribution in [0.3, 0.4) is 0 Å². The molecule has 9 N–H and O–H groups in total. The van der Waals surface area contributed by atoms with Crippen LogP contribution in [0, 0.1) is 62.1 Å². The van der Waals surface area contributed by atoms with E-state index in [1.807, 2.05) is 13.8 Å². The molecule has 12 rings (SSSR count). The Kier molecular flexibility index (Phi) is 34.4. The molecule has 0 aromatic rings. The van der Waals surface area contributed by atoms with Crippen molar-refractivity contribution in [1.29, 1.82) is 0 Å². The van der Waals surface area contributed by atoms with Gasteiger partial charge in [-0.3, -0.25) is 62.3 Å². The minimum Gasteiger partial charge on any atom is -0.394 e. The summed E-state index contributed by atoms with van der Waals surface area (Å²) in [5.74, 6) is 2.75. The van der Waals surface area contributed by atoms with Crippen LogP contribution in [0.2, 0.25) is 0 Å². The van der Waals surface area contributed by atoms with Crippen molar-refractivity contribution < 1.29 is 87.9 Å². The minimum atomic E-state index is -0.851. The lowest BCUT2D eigenvalue weighted by Gasteiger charge is -2.54. The maximum atomic E-state index is 12.6. The number of nitrogens with zero attached hydrogens (tertiary/aromatic N) is 5. The average molecular weight is 1630 g/mol. The fourth-order valence-corrected chi connectivity index (χ4v) is 20.7. The number of carbonyl (C=O) groups is 13. The number of carbonyl (C=O) groups excluding carboxylic acids is 13. The highest BCUT2D eigenvalue weighted by Crippen LogP contribution is 2.53. The molecule has 12 fully saturated rings. The molecule has 5 heterocycles. The summed E-state index contributed by atoms with van der Waals surface area (Å²) in [6.45, 7) is 36.8.